The van der Waals surface area contributed by atoms with Gasteiger partial charge in [0, 0.05) is 6.42 Å². The minimum absolute atomic E-state index is 0.0206. The van der Waals surface area contributed by atoms with E-state index in [1.807, 2.05) is 13.8 Å². The molecule has 0 spiro atoms. The highest BCUT2D eigenvalue weighted by molar-refractivity contribution is 7.86. The maximum Gasteiger partial charge on any atom is 0.407 e. The normalized spacial score (nSPS) is 14.7. The average molecular weight is 381 g/mol. The molecule has 0 heterocycles. The highest BCUT2D eigenvalue weighted by Crippen LogP contribution is 2.18. The van der Waals surface area contributed by atoms with Gasteiger partial charge in [0.1, 0.15) is 5.60 Å². The van der Waals surface area contributed by atoms with Gasteiger partial charge in [-0.15, -0.1) is 0 Å². The molecule has 0 radical (unpaired) electrons. The summed E-state index contributed by atoms with van der Waals surface area (Å²) < 4.78 is 38.3. The number of alkyl carbamates (subject to hydrolysis) is 1. The van der Waals surface area contributed by atoms with Crippen LogP contribution >= 0.6 is 0 Å². The van der Waals surface area contributed by atoms with E-state index in [9.17, 15) is 18.0 Å². The van der Waals surface area contributed by atoms with Crippen molar-refractivity contribution in [1.29, 1.82) is 0 Å². The molecule has 0 saturated carbocycles. The van der Waals surface area contributed by atoms with Gasteiger partial charge in [-0.25, -0.2) is 4.79 Å². The number of esters is 1. The summed E-state index contributed by atoms with van der Waals surface area (Å²) in [5.41, 5.74) is -0.691. The maximum atomic E-state index is 12.1. The molecule has 2 atom stereocenters. The Labute approximate surface area is 150 Å². The van der Waals surface area contributed by atoms with Crippen LogP contribution in [0.15, 0.2) is 0 Å². The summed E-state index contributed by atoms with van der Waals surface area (Å²) in [6, 6.07) is -0.654. The Balaban J connectivity index is 5.21. The molecule has 1 amide bonds. The molecular weight excluding hydrogens is 350 g/mol. The number of rotatable bonds is 9. The van der Waals surface area contributed by atoms with E-state index in [-0.39, 0.29) is 25.4 Å². The van der Waals surface area contributed by atoms with E-state index in [1.165, 1.54) is 0 Å². The molecule has 0 aliphatic carbocycles. The Morgan fingerprint density at radius 3 is 2.12 bits per heavy atom. The van der Waals surface area contributed by atoms with Gasteiger partial charge in [-0.2, -0.15) is 8.42 Å². The molecular formula is C16H31NO7S. The van der Waals surface area contributed by atoms with E-state index in [2.05, 4.69) is 5.32 Å². The van der Waals surface area contributed by atoms with Crippen LogP contribution in [0, 0.1) is 5.92 Å². The second-order valence-electron chi connectivity index (χ2n) is 7.10. The molecule has 0 saturated heterocycles. The van der Waals surface area contributed by atoms with E-state index in [4.69, 9.17) is 13.7 Å². The lowest BCUT2D eigenvalue weighted by Gasteiger charge is -2.31. The van der Waals surface area contributed by atoms with E-state index in [0.29, 0.717) is 0 Å². The van der Waals surface area contributed by atoms with Crippen LogP contribution in [0.1, 0.15) is 54.4 Å². The first-order chi connectivity index (χ1) is 11.2. The first-order valence-corrected chi connectivity index (χ1v) is 10.1. The molecule has 0 fully saturated rings. The molecule has 0 rings (SSSR count). The fourth-order valence-electron chi connectivity index (χ4n) is 2.14. The number of carbonyl (C=O) groups excluding carboxylic acids is 2. The van der Waals surface area contributed by atoms with Crippen LogP contribution < -0.4 is 5.32 Å². The molecule has 0 bridgehead atoms. The topological polar surface area (TPSA) is 108 Å². The average Bonchev–Trinajstić information content (AvgIpc) is 2.37. The van der Waals surface area contributed by atoms with Gasteiger partial charge in [-0.05, 0) is 40.0 Å². The van der Waals surface area contributed by atoms with Crippen molar-refractivity contribution in [3.05, 3.63) is 0 Å². The Kier molecular flexibility index (Phi) is 9.42. The molecule has 0 aromatic heterocycles. The zero-order chi connectivity index (χ0) is 19.8. The summed E-state index contributed by atoms with van der Waals surface area (Å²) in [5.74, 6) is -0.606. The molecule has 1 N–H and O–H groups in total. The van der Waals surface area contributed by atoms with Gasteiger partial charge in [0.15, 0.2) is 0 Å². The molecule has 8 nitrogen and oxygen atoms in total. The predicted molar refractivity (Wildman–Crippen MR) is 93.6 cm³/mol. The monoisotopic (exact) mass is 381 g/mol. The standard InChI is InChI=1S/C16H31NO7S/c1-8-22-13(18)10-9-12(24-25(7,20)21)14(11(2)3)17-15(19)23-16(4,5)6/h11-12,14H,8-10H2,1-7H3,(H,17,19)/t12-,14+/m1/s1. The lowest BCUT2D eigenvalue weighted by atomic mass is 9.95. The van der Waals surface area contributed by atoms with Crippen molar-refractivity contribution in [3.8, 4) is 0 Å². The Morgan fingerprint density at radius 2 is 1.72 bits per heavy atom. The molecule has 0 aromatic rings. The molecule has 148 valence electrons. The van der Waals surface area contributed by atoms with Crippen molar-refractivity contribution in [2.75, 3.05) is 12.9 Å². The summed E-state index contributed by atoms with van der Waals surface area (Å²) in [5, 5.41) is 2.65. The van der Waals surface area contributed by atoms with E-state index < -0.39 is 39.9 Å². The zero-order valence-corrected chi connectivity index (χ0v) is 16.9. The number of ether oxygens (including phenoxy) is 2. The minimum atomic E-state index is -3.78. The highest BCUT2D eigenvalue weighted by Gasteiger charge is 2.32. The van der Waals surface area contributed by atoms with Gasteiger partial charge < -0.3 is 14.8 Å². The number of carbonyl (C=O) groups is 2. The van der Waals surface area contributed by atoms with Crippen LogP contribution in [-0.2, 0) is 28.6 Å². The van der Waals surface area contributed by atoms with Gasteiger partial charge in [0.05, 0.1) is 25.0 Å². The fourth-order valence-corrected chi connectivity index (χ4v) is 2.80. The SMILES string of the molecule is CCOC(=O)CC[C@@H](OS(C)(=O)=O)[C@@H](NC(=O)OC(C)(C)C)C(C)C. The fraction of sp³-hybridized carbons (Fsp3) is 0.875. The number of hydrogen-bond acceptors (Lipinski definition) is 7. The van der Waals surface area contributed by atoms with Crippen LogP contribution in [-0.4, -0.2) is 51.1 Å². The Bertz CT molecular complexity index is 537. The predicted octanol–water partition coefficient (Wildman–Crippen LogP) is 2.22. The van der Waals surface area contributed by atoms with E-state index in [1.54, 1.807) is 27.7 Å². The third-order valence-corrected chi connectivity index (χ3v) is 3.64. The Hall–Kier alpha value is -1.35. The van der Waals surface area contributed by atoms with Crippen molar-refractivity contribution in [1.82, 2.24) is 5.32 Å². The van der Waals surface area contributed by atoms with Gasteiger partial charge in [0.25, 0.3) is 10.1 Å². The first-order valence-electron chi connectivity index (χ1n) is 8.28. The van der Waals surface area contributed by atoms with Crippen molar-refractivity contribution in [3.63, 3.8) is 0 Å². The lowest BCUT2D eigenvalue weighted by molar-refractivity contribution is -0.143. The van der Waals surface area contributed by atoms with Gasteiger partial charge in [0.2, 0.25) is 0 Å². The third-order valence-electron chi connectivity index (χ3n) is 3.04. The minimum Gasteiger partial charge on any atom is -0.466 e. The van der Waals surface area contributed by atoms with Crippen LogP contribution in [0.2, 0.25) is 0 Å². The van der Waals surface area contributed by atoms with Crippen molar-refractivity contribution < 1.29 is 31.7 Å². The number of amides is 1. The molecule has 0 aliphatic heterocycles. The first kappa shape index (κ1) is 23.6. The summed E-state index contributed by atoms with van der Waals surface area (Å²) in [6.45, 7) is 10.7. The third kappa shape index (κ3) is 11.8. The second-order valence-corrected chi connectivity index (χ2v) is 8.70. The highest BCUT2D eigenvalue weighted by atomic mass is 32.2. The zero-order valence-electron chi connectivity index (χ0n) is 16.1. The molecule has 0 unspecified atom stereocenters. The van der Waals surface area contributed by atoms with Crippen LogP contribution in [0.4, 0.5) is 4.79 Å². The lowest BCUT2D eigenvalue weighted by Crippen LogP contribution is -2.50. The molecule has 9 heteroatoms. The van der Waals surface area contributed by atoms with Gasteiger partial charge >= 0.3 is 12.1 Å². The summed E-state index contributed by atoms with van der Waals surface area (Å²) in [7, 11) is -3.78. The molecule has 0 aliphatic rings. The van der Waals surface area contributed by atoms with E-state index >= 15 is 0 Å². The van der Waals surface area contributed by atoms with Crippen molar-refractivity contribution >= 4 is 22.2 Å². The second kappa shape index (κ2) is 9.96. The van der Waals surface area contributed by atoms with Crippen LogP contribution in [0.25, 0.3) is 0 Å². The smallest absolute Gasteiger partial charge is 0.407 e. The molecule has 0 aromatic carbocycles. The van der Waals surface area contributed by atoms with Gasteiger partial charge in [-0.3, -0.25) is 8.98 Å². The summed E-state index contributed by atoms with van der Waals surface area (Å²) in [6.07, 6.45) is -0.594. The van der Waals surface area contributed by atoms with Crippen molar-refractivity contribution in [2.45, 2.75) is 72.1 Å². The van der Waals surface area contributed by atoms with Crippen LogP contribution in [0.5, 0.6) is 0 Å². The summed E-state index contributed by atoms with van der Waals surface area (Å²) in [4.78, 5) is 23.6. The van der Waals surface area contributed by atoms with E-state index in [0.717, 1.165) is 6.26 Å². The quantitative estimate of drug-likeness (QED) is 0.482. The van der Waals surface area contributed by atoms with Gasteiger partial charge in [-0.1, -0.05) is 13.8 Å². The summed E-state index contributed by atoms with van der Waals surface area (Å²) >= 11 is 0. The molecule has 25 heavy (non-hydrogen) atoms. The maximum absolute atomic E-state index is 12.1. The Morgan fingerprint density at radius 1 is 1.16 bits per heavy atom. The largest absolute Gasteiger partial charge is 0.466 e. The number of hydrogen-bond donors (Lipinski definition) is 1. The van der Waals surface area contributed by atoms with Crippen molar-refractivity contribution in [2.24, 2.45) is 5.92 Å². The van der Waals surface area contributed by atoms with Crippen LogP contribution in [0.3, 0.4) is 0 Å². The number of nitrogens with one attached hydrogen (secondary N) is 1.